The first kappa shape index (κ1) is 25.2. The van der Waals surface area contributed by atoms with Crippen molar-refractivity contribution in [1.29, 1.82) is 0 Å². The van der Waals surface area contributed by atoms with E-state index in [0.29, 0.717) is 45.1 Å². The molecule has 7 heteroatoms. The number of thiophene rings is 1. The highest BCUT2D eigenvalue weighted by atomic mass is 32.1. The van der Waals surface area contributed by atoms with Crippen LogP contribution >= 0.6 is 11.3 Å². The van der Waals surface area contributed by atoms with Crippen molar-refractivity contribution in [3.05, 3.63) is 51.7 Å². The van der Waals surface area contributed by atoms with E-state index < -0.39 is 0 Å². The van der Waals surface area contributed by atoms with Crippen LogP contribution in [0.5, 0.6) is 5.75 Å². The van der Waals surface area contributed by atoms with E-state index in [1.54, 1.807) is 23.3 Å². The number of methoxy groups -OCH3 is 1. The molecule has 0 bridgehead atoms. The third-order valence-corrected chi connectivity index (χ3v) is 7.12. The van der Waals surface area contributed by atoms with Crippen LogP contribution in [0.2, 0.25) is 0 Å². The van der Waals surface area contributed by atoms with Gasteiger partial charge in [-0.05, 0) is 53.5 Å². The van der Waals surface area contributed by atoms with E-state index in [9.17, 15) is 9.59 Å². The molecule has 0 fully saturated rings. The molecule has 6 nitrogen and oxygen atoms in total. The highest BCUT2D eigenvalue weighted by molar-refractivity contribution is 7.10. The summed E-state index contributed by atoms with van der Waals surface area (Å²) in [5.41, 5.74) is 2.43. The van der Waals surface area contributed by atoms with Crippen molar-refractivity contribution >= 4 is 23.2 Å². The van der Waals surface area contributed by atoms with Crippen LogP contribution in [-0.2, 0) is 20.7 Å². The van der Waals surface area contributed by atoms with Crippen molar-refractivity contribution < 1.29 is 19.1 Å². The van der Waals surface area contributed by atoms with Crippen LogP contribution in [0.15, 0.2) is 35.7 Å². The van der Waals surface area contributed by atoms with Crippen LogP contribution in [0.3, 0.4) is 0 Å². The van der Waals surface area contributed by atoms with Crippen LogP contribution in [0.4, 0.5) is 0 Å². The van der Waals surface area contributed by atoms with Crippen molar-refractivity contribution in [2.45, 2.75) is 52.0 Å². The highest BCUT2D eigenvalue weighted by Gasteiger charge is 2.33. The number of hydrogen-bond donors (Lipinski definition) is 0. The predicted molar refractivity (Wildman–Crippen MR) is 132 cm³/mol. The maximum Gasteiger partial charge on any atom is 0.242 e. The number of rotatable bonds is 11. The van der Waals surface area contributed by atoms with Crippen molar-refractivity contribution in [2.75, 3.05) is 40.0 Å². The number of carbonyl (C=O) groups is 2. The normalized spacial score (nSPS) is 15.4. The molecule has 0 N–H and O–H groups in total. The summed E-state index contributed by atoms with van der Waals surface area (Å²) in [4.78, 5) is 30.7. The van der Waals surface area contributed by atoms with Gasteiger partial charge >= 0.3 is 0 Å². The molecular formula is C26H36N2O4S. The van der Waals surface area contributed by atoms with Gasteiger partial charge in [0.1, 0.15) is 12.4 Å². The fourth-order valence-corrected chi connectivity index (χ4v) is 5.10. The van der Waals surface area contributed by atoms with E-state index in [1.807, 2.05) is 24.0 Å². The molecule has 0 spiro atoms. The lowest BCUT2D eigenvalue weighted by Gasteiger charge is -2.37. The predicted octanol–water partition coefficient (Wildman–Crippen LogP) is 4.65. The fourth-order valence-electron chi connectivity index (χ4n) is 4.17. The topological polar surface area (TPSA) is 59.1 Å². The molecule has 2 amide bonds. The first-order valence-corrected chi connectivity index (χ1v) is 12.7. The van der Waals surface area contributed by atoms with Crippen LogP contribution < -0.4 is 4.74 Å². The Morgan fingerprint density at radius 2 is 1.97 bits per heavy atom. The van der Waals surface area contributed by atoms with Gasteiger partial charge in [0.25, 0.3) is 0 Å². The zero-order chi connectivity index (χ0) is 23.8. The van der Waals surface area contributed by atoms with Gasteiger partial charge in [0.05, 0.1) is 12.6 Å². The summed E-state index contributed by atoms with van der Waals surface area (Å²) in [6.45, 7) is 8.37. The summed E-state index contributed by atoms with van der Waals surface area (Å²) in [6.07, 6.45) is 1.93. The minimum absolute atomic E-state index is 0.00859. The molecule has 2 heterocycles. The number of fused-ring (bicyclic) bond motifs is 1. The lowest BCUT2D eigenvalue weighted by atomic mass is 10.00. The summed E-state index contributed by atoms with van der Waals surface area (Å²) in [7, 11) is 1.64. The molecule has 33 heavy (non-hydrogen) atoms. The molecule has 1 unspecified atom stereocenters. The smallest absolute Gasteiger partial charge is 0.242 e. The fraction of sp³-hybridized carbons (Fsp3) is 0.538. The molecule has 1 aromatic heterocycles. The van der Waals surface area contributed by atoms with Crippen molar-refractivity contribution in [1.82, 2.24) is 9.80 Å². The minimum atomic E-state index is -0.158. The van der Waals surface area contributed by atoms with Gasteiger partial charge < -0.3 is 19.3 Å². The molecule has 0 radical (unpaired) electrons. The van der Waals surface area contributed by atoms with Gasteiger partial charge in [-0.2, -0.15) is 0 Å². The second-order valence-electron chi connectivity index (χ2n) is 8.70. The Morgan fingerprint density at radius 1 is 1.21 bits per heavy atom. The van der Waals surface area contributed by atoms with E-state index in [-0.39, 0.29) is 24.4 Å². The lowest BCUT2D eigenvalue weighted by molar-refractivity contribution is -0.142. The Bertz CT molecular complexity index is 909. The van der Waals surface area contributed by atoms with E-state index >= 15 is 0 Å². The van der Waals surface area contributed by atoms with Gasteiger partial charge in [0.15, 0.2) is 0 Å². The average Bonchev–Trinajstić information content (AvgIpc) is 3.30. The molecule has 0 saturated carbocycles. The number of amides is 2. The summed E-state index contributed by atoms with van der Waals surface area (Å²) in [6, 6.07) is 10.1. The monoisotopic (exact) mass is 472 g/mol. The highest BCUT2D eigenvalue weighted by Crippen LogP contribution is 2.34. The molecule has 2 aromatic rings. The molecule has 1 atom stereocenters. The Labute approximate surface area is 201 Å². The zero-order valence-electron chi connectivity index (χ0n) is 20.2. The van der Waals surface area contributed by atoms with E-state index in [0.717, 1.165) is 17.7 Å². The molecule has 0 saturated heterocycles. The summed E-state index contributed by atoms with van der Waals surface area (Å²) in [5, 5.41) is 2.08. The third kappa shape index (κ3) is 6.58. The third-order valence-electron chi connectivity index (χ3n) is 6.13. The number of ether oxygens (including phenoxy) is 2. The second kappa shape index (κ2) is 12.2. The van der Waals surface area contributed by atoms with E-state index in [4.69, 9.17) is 9.47 Å². The van der Waals surface area contributed by atoms with E-state index in [1.165, 1.54) is 10.4 Å². The standard InChI is InChI=1S/C26H36N2O4S/c1-5-25(29)27(13-6-15-31-4)17-26(30)28-14-11-24-22(12-16-33-24)23(28)18-32-21-9-7-20(8-10-21)19(2)3/h7-10,12,16,19,23H,5-6,11,13-15,17-18H2,1-4H3. The Hall–Kier alpha value is -2.38. The molecule has 1 aliphatic heterocycles. The summed E-state index contributed by atoms with van der Waals surface area (Å²) in [5.74, 6) is 1.23. The Balaban J connectivity index is 1.72. The maximum atomic E-state index is 13.4. The summed E-state index contributed by atoms with van der Waals surface area (Å²) >= 11 is 1.73. The van der Waals surface area contributed by atoms with E-state index in [2.05, 4.69) is 37.4 Å². The maximum absolute atomic E-state index is 13.4. The van der Waals surface area contributed by atoms with Crippen LogP contribution in [0.1, 0.15) is 61.6 Å². The number of benzene rings is 1. The molecule has 180 valence electrons. The Kier molecular flexibility index (Phi) is 9.32. The molecule has 1 aromatic carbocycles. The zero-order valence-corrected chi connectivity index (χ0v) is 21.0. The molecule has 1 aliphatic rings. The van der Waals surface area contributed by atoms with Gasteiger partial charge in [-0.25, -0.2) is 0 Å². The second-order valence-corrected chi connectivity index (χ2v) is 9.70. The first-order chi connectivity index (χ1) is 15.9. The van der Waals surface area contributed by atoms with Crippen LogP contribution in [0.25, 0.3) is 0 Å². The van der Waals surface area contributed by atoms with Gasteiger partial charge in [-0.15, -0.1) is 11.3 Å². The lowest BCUT2D eigenvalue weighted by Crippen LogP contribution is -2.48. The summed E-state index contributed by atoms with van der Waals surface area (Å²) < 4.78 is 11.3. The number of nitrogens with zero attached hydrogens (tertiary/aromatic N) is 2. The average molecular weight is 473 g/mol. The quantitative estimate of drug-likeness (QED) is 0.447. The first-order valence-electron chi connectivity index (χ1n) is 11.8. The van der Waals surface area contributed by atoms with Gasteiger partial charge in [-0.3, -0.25) is 9.59 Å². The number of carbonyl (C=O) groups excluding carboxylic acids is 2. The van der Waals surface area contributed by atoms with Gasteiger partial charge in [0, 0.05) is 38.1 Å². The van der Waals surface area contributed by atoms with Crippen LogP contribution in [0, 0.1) is 0 Å². The molecular weight excluding hydrogens is 436 g/mol. The van der Waals surface area contributed by atoms with Crippen molar-refractivity contribution in [3.8, 4) is 5.75 Å². The Morgan fingerprint density at radius 3 is 2.64 bits per heavy atom. The molecule has 3 rings (SSSR count). The van der Waals surface area contributed by atoms with Gasteiger partial charge in [-0.1, -0.05) is 32.9 Å². The van der Waals surface area contributed by atoms with Gasteiger partial charge in [0.2, 0.25) is 11.8 Å². The minimum Gasteiger partial charge on any atom is -0.491 e. The van der Waals surface area contributed by atoms with Crippen LogP contribution in [-0.4, -0.2) is 61.6 Å². The number of hydrogen-bond acceptors (Lipinski definition) is 5. The van der Waals surface area contributed by atoms with Crippen molar-refractivity contribution in [3.63, 3.8) is 0 Å². The van der Waals surface area contributed by atoms with Crippen molar-refractivity contribution in [2.24, 2.45) is 0 Å². The molecule has 0 aliphatic carbocycles. The largest absolute Gasteiger partial charge is 0.491 e. The SMILES string of the molecule is CCC(=O)N(CCCOC)CC(=O)N1CCc2sccc2C1COc1ccc(C(C)C)cc1.